The van der Waals surface area contributed by atoms with Gasteiger partial charge in [-0.3, -0.25) is 4.79 Å². The van der Waals surface area contributed by atoms with Crippen LogP contribution in [0.2, 0.25) is 0 Å². The normalized spacial score (nSPS) is 17.8. The van der Waals surface area contributed by atoms with Crippen LogP contribution in [0.5, 0.6) is 0 Å². The summed E-state index contributed by atoms with van der Waals surface area (Å²) in [6.07, 6.45) is 5.24. The maximum absolute atomic E-state index is 10.4. The van der Waals surface area contributed by atoms with Crippen molar-refractivity contribution < 1.29 is 9.90 Å². The zero-order valence-corrected chi connectivity index (χ0v) is 7.97. The van der Waals surface area contributed by atoms with Gasteiger partial charge in [-0.15, -0.1) is 0 Å². The predicted molar refractivity (Wildman–Crippen MR) is 49.2 cm³/mol. The summed E-state index contributed by atoms with van der Waals surface area (Å²) < 4.78 is 0. The molecule has 12 heavy (non-hydrogen) atoms. The van der Waals surface area contributed by atoms with Crippen LogP contribution >= 0.6 is 0 Å². The Morgan fingerprint density at radius 3 is 1.92 bits per heavy atom. The van der Waals surface area contributed by atoms with Crippen molar-refractivity contribution in [1.29, 1.82) is 0 Å². The second kappa shape index (κ2) is 7.10. The van der Waals surface area contributed by atoms with Crippen LogP contribution in [-0.4, -0.2) is 25.2 Å². The average Bonchev–Trinajstić information content (AvgIpc) is 2.07. The molecule has 1 fully saturated rings. The second-order valence-corrected chi connectivity index (χ2v) is 3.17. The zero-order valence-electron chi connectivity index (χ0n) is 7.97. The van der Waals surface area contributed by atoms with Gasteiger partial charge < -0.3 is 10.4 Å². The summed E-state index contributed by atoms with van der Waals surface area (Å²) in [6, 6.07) is 0. The third kappa shape index (κ3) is 5.13. The molecule has 0 aromatic rings. The molecule has 1 rings (SSSR count). The molecule has 0 atom stereocenters. The largest absolute Gasteiger partial charge is 0.481 e. The van der Waals surface area contributed by atoms with E-state index in [1.54, 1.807) is 0 Å². The minimum atomic E-state index is -0.602. The SMILES string of the molecule is CNC.O=C(O)C1CCCCC1. The minimum absolute atomic E-state index is 0.0289. The van der Waals surface area contributed by atoms with Crippen LogP contribution in [0.4, 0.5) is 0 Å². The quantitative estimate of drug-likeness (QED) is 0.631. The predicted octanol–water partition coefficient (Wildman–Crippen LogP) is 1.49. The smallest absolute Gasteiger partial charge is 0.306 e. The molecule has 0 saturated heterocycles. The highest BCUT2D eigenvalue weighted by Gasteiger charge is 2.19. The fourth-order valence-electron chi connectivity index (χ4n) is 1.35. The molecule has 0 bridgehead atoms. The molecule has 0 spiro atoms. The van der Waals surface area contributed by atoms with E-state index in [0.717, 1.165) is 25.7 Å². The number of aliphatic carboxylic acids is 1. The Labute approximate surface area is 74.2 Å². The Balaban J connectivity index is 0.000000354. The van der Waals surface area contributed by atoms with Crippen LogP contribution in [0.15, 0.2) is 0 Å². The summed E-state index contributed by atoms with van der Waals surface area (Å²) in [4.78, 5) is 10.4. The number of hydrogen-bond acceptors (Lipinski definition) is 2. The summed E-state index contributed by atoms with van der Waals surface area (Å²) in [6.45, 7) is 0. The molecule has 0 amide bonds. The van der Waals surface area contributed by atoms with Crippen molar-refractivity contribution in [3.63, 3.8) is 0 Å². The fraction of sp³-hybridized carbons (Fsp3) is 0.889. The first-order chi connectivity index (χ1) is 5.72. The standard InChI is InChI=1S/C7H12O2.C2H7N/c8-7(9)6-4-2-1-3-5-6;1-3-2/h6H,1-5H2,(H,8,9);3H,1-2H3. The molecule has 0 heterocycles. The molecule has 0 radical (unpaired) electrons. The van der Waals surface area contributed by atoms with Crippen LogP contribution in [0, 0.1) is 5.92 Å². The van der Waals surface area contributed by atoms with Crippen LogP contribution in [0.1, 0.15) is 32.1 Å². The highest BCUT2D eigenvalue weighted by Crippen LogP contribution is 2.23. The van der Waals surface area contributed by atoms with Crippen LogP contribution in [-0.2, 0) is 4.79 Å². The van der Waals surface area contributed by atoms with E-state index < -0.39 is 5.97 Å². The van der Waals surface area contributed by atoms with E-state index in [1.165, 1.54) is 6.42 Å². The van der Waals surface area contributed by atoms with Crippen molar-refractivity contribution in [2.75, 3.05) is 14.1 Å². The number of carbonyl (C=O) groups is 1. The van der Waals surface area contributed by atoms with E-state index in [9.17, 15) is 4.79 Å². The summed E-state index contributed by atoms with van der Waals surface area (Å²) >= 11 is 0. The lowest BCUT2D eigenvalue weighted by Gasteiger charge is -2.16. The van der Waals surface area contributed by atoms with Gasteiger partial charge in [0.15, 0.2) is 0 Å². The van der Waals surface area contributed by atoms with Crippen molar-refractivity contribution in [2.45, 2.75) is 32.1 Å². The van der Waals surface area contributed by atoms with Crippen LogP contribution in [0.25, 0.3) is 0 Å². The van der Waals surface area contributed by atoms with Crippen LogP contribution < -0.4 is 5.32 Å². The molecular formula is C9H19NO2. The number of carboxylic acids is 1. The highest BCUT2D eigenvalue weighted by molar-refractivity contribution is 5.69. The maximum Gasteiger partial charge on any atom is 0.306 e. The van der Waals surface area contributed by atoms with Gasteiger partial charge in [-0.2, -0.15) is 0 Å². The lowest BCUT2D eigenvalue weighted by Crippen LogP contribution is -2.16. The number of carboxylic acid groups (broad SMARTS) is 1. The van der Waals surface area contributed by atoms with E-state index in [-0.39, 0.29) is 5.92 Å². The first-order valence-corrected chi connectivity index (χ1v) is 4.53. The third-order valence-electron chi connectivity index (χ3n) is 1.95. The van der Waals surface area contributed by atoms with Gasteiger partial charge >= 0.3 is 5.97 Å². The molecule has 1 aliphatic carbocycles. The molecule has 2 N–H and O–H groups in total. The van der Waals surface area contributed by atoms with Crippen molar-refractivity contribution >= 4 is 5.97 Å². The van der Waals surface area contributed by atoms with E-state index in [0.29, 0.717) is 0 Å². The fourth-order valence-corrected chi connectivity index (χ4v) is 1.35. The molecule has 3 heteroatoms. The summed E-state index contributed by atoms with van der Waals surface area (Å²) in [5.41, 5.74) is 0. The second-order valence-electron chi connectivity index (χ2n) is 3.17. The van der Waals surface area contributed by atoms with Gasteiger partial charge in [0.05, 0.1) is 5.92 Å². The lowest BCUT2D eigenvalue weighted by molar-refractivity contribution is -0.142. The maximum atomic E-state index is 10.4. The number of rotatable bonds is 1. The Hall–Kier alpha value is -0.570. The van der Waals surface area contributed by atoms with E-state index in [1.807, 2.05) is 14.1 Å². The molecule has 1 saturated carbocycles. The number of nitrogens with one attached hydrogen (secondary N) is 1. The van der Waals surface area contributed by atoms with Gasteiger partial charge in [-0.1, -0.05) is 19.3 Å². The number of hydrogen-bond donors (Lipinski definition) is 2. The molecule has 0 aromatic carbocycles. The Bertz CT molecular complexity index is 120. The summed E-state index contributed by atoms with van der Waals surface area (Å²) in [7, 11) is 3.75. The zero-order chi connectivity index (χ0) is 9.40. The first-order valence-electron chi connectivity index (χ1n) is 4.53. The van der Waals surface area contributed by atoms with E-state index >= 15 is 0 Å². The van der Waals surface area contributed by atoms with E-state index in [2.05, 4.69) is 5.32 Å². The van der Waals surface area contributed by atoms with Crippen molar-refractivity contribution in [2.24, 2.45) is 5.92 Å². The van der Waals surface area contributed by atoms with Gasteiger partial charge in [0.1, 0.15) is 0 Å². The Morgan fingerprint density at radius 2 is 1.67 bits per heavy atom. The van der Waals surface area contributed by atoms with Gasteiger partial charge in [0, 0.05) is 0 Å². The molecule has 0 aliphatic heterocycles. The van der Waals surface area contributed by atoms with E-state index in [4.69, 9.17) is 5.11 Å². The molecule has 1 aliphatic rings. The Kier molecular flexibility index (Phi) is 6.76. The van der Waals surface area contributed by atoms with Crippen molar-refractivity contribution in [1.82, 2.24) is 5.32 Å². The molecule has 0 unspecified atom stereocenters. The van der Waals surface area contributed by atoms with Gasteiger partial charge in [0.25, 0.3) is 0 Å². The highest BCUT2D eigenvalue weighted by atomic mass is 16.4. The van der Waals surface area contributed by atoms with Gasteiger partial charge in [0.2, 0.25) is 0 Å². The van der Waals surface area contributed by atoms with Gasteiger partial charge in [-0.05, 0) is 26.9 Å². The molecule has 72 valence electrons. The Morgan fingerprint density at radius 1 is 1.25 bits per heavy atom. The topological polar surface area (TPSA) is 49.3 Å². The van der Waals surface area contributed by atoms with Crippen molar-refractivity contribution in [3.05, 3.63) is 0 Å². The molecule has 3 nitrogen and oxygen atoms in total. The first kappa shape index (κ1) is 11.4. The summed E-state index contributed by atoms with van der Waals surface area (Å²) in [5.74, 6) is -0.631. The average molecular weight is 173 g/mol. The minimum Gasteiger partial charge on any atom is -0.481 e. The summed E-state index contributed by atoms with van der Waals surface area (Å²) in [5, 5.41) is 11.3. The monoisotopic (exact) mass is 173 g/mol. The van der Waals surface area contributed by atoms with Crippen molar-refractivity contribution in [3.8, 4) is 0 Å². The van der Waals surface area contributed by atoms with Crippen LogP contribution in [0.3, 0.4) is 0 Å². The third-order valence-corrected chi connectivity index (χ3v) is 1.95. The molecular weight excluding hydrogens is 154 g/mol. The van der Waals surface area contributed by atoms with Gasteiger partial charge in [-0.25, -0.2) is 0 Å². The lowest BCUT2D eigenvalue weighted by atomic mass is 9.90. The molecule has 0 aromatic heterocycles.